The van der Waals surface area contributed by atoms with Crippen molar-refractivity contribution in [3.8, 4) is 0 Å². The summed E-state index contributed by atoms with van der Waals surface area (Å²) < 4.78 is 7.69. The number of hydrogen-bond donors (Lipinski definition) is 2. The fraction of sp³-hybridized carbons (Fsp3) is 0.333. The van der Waals surface area contributed by atoms with E-state index in [1.54, 1.807) is 0 Å². The molecule has 0 aliphatic carbocycles. The van der Waals surface area contributed by atoms with Gasteiger partial charge in [-0.05, 0) is 0 Å². The number of carbonyl (C=O) groups excluding carboxylic acids is 2. The summed E-state index contributed by atoms with van der Waals surface area (Å²) in [5.74, 6) is -1.53. The molecule has 0 atom stereocenters. The molecular formula is C3H4O4S2. The van der Waals surface area contributed by atoms with Gasteiger partial charge in [-0.25, -0.2) is 0 Å². The molecule has 0 aromatic heterocycles. The zero-order valence-corrected chi connectivity index (χ0v) is 6.02. The molecule has 0 heterocycles. The molecule has 6 heteroatoms. The molecule has 0 saturated carbocycles. The van der Waals surface area contributed by atoms with E-state index < -0.39 is 18.4 Å². The van der Waals surface area contributed by atoms with Crippen LogP contribution in [0.4, 0.5) is 0 Å². The Balaban J connectivity index is 3.47. The van der Waals surface area contributed by atoms with E-state index in [4.69, 9.17) is 0 Å². The van der Waals surface area contributed by atoms with Crippen molar-refractivity contribution in [2.75, 3.05) is 0 Å². The van der Waals surface area contributed by atoms with Crippen LogP contribution in [0.3, 0.4) is 0 Å². The maximum atomic E-state index is 10.1. The Hall–Kier alpha value is -0.360. The van der Waals surface area contributed by atoms with E-state index >= 15 is 0 Å². The van der Waals surface area contributed by atoms with E-state index in [-0.39, 0.29) is 0 Å². The predicted octanol–water partition coefficient (Wildman–Crippen LogP) is 0.152. The Morgan fingerprint density at radius 1 is 1.11 bits per heavy atom. The third-order valence-electron chi connectivity index (χ3n) is 0.492. The van der Waals surface area contributed by atoms with Crippen LogP contribution < -0.4 is 0 Å². The van der Waals surface area contributed by atoms with Crippen molar-refractivity contribution in [3.63, 3.8) is 0 Å². The lowest BCUT2D eigenvalue weighted by molar-refractivity contribution is -0.142. The molecular weight excluding hydrogens is 164 g/mol. The third kappa shape index (κ3) is 4.16. The van der Waals surface area contributed by atoms with Crippen LogP contribution in [0.5, 0.6) is 0 Å². The van der Waals surface area contributed by atoms with E-state index in [1.807, 2.05) is 0 Å². The van der Waals surface area contributed by atoms with Crippen molar-refractivity contribution in [1.29, 1.82) is 0 Å². The van der Waals surface area contributed by atoms with Gasteiger partial charge in [0, 0.05) is 25.8 Å². The highest BCUT2D eigenvalue weighted by Gasteiger charge is 2.08. The number of carbonyl (C=O) groups is 2. The van der Waals surface area contributed by atoms with Gasteiger partial charge >= 0.3 is 11.9 Å². The van der Waals surface area contributed by atoms with Gasteiger partial charge in [-0.2, -0.15) is 0 Å². The van der Waals surface area contributed by atoms with Crippen molar-refractivity contribution in [3.05, 3.63) is 0 Å². The van der Waals surface area contributed by atoms with Gasteiger partial charge in [0.05, 0.1) is 0 Å². The second kappa shape index (κ2) is 4.51. The summed E-state index contributed by atoms with van der Waals surface area (Å²) in [6, 6.07) is 0. The zero-order valence-electron chi connectivity index (χ0n) is 4.23. The highest BCUT2D eigenvalue weighted by atomic mass is 32.1. The standard InChI is InChI=1S/C3H4O4S2/c4-2(6-8)1-3(5)7-9/h8-9H,1H2. The van der Waals surface area contributed by atoms with Crippen LogP contribution >= 0.6 is 25.8 Å². The summed E-state index contributed by atoms with van der Waals surface area (Å²) in [5.41, 5.74) is 0. The van der Waals surface area contributed by atoms with Crippen molar-refractivity contribution in [2.45, 2.75) is 6.42 Å². The molecule has 4 nitrogen and oxygen atoms in total. The second-order valence-corrected chi connectivity index (χ2v) is 1.47. The Bertz CT molecular complexity index is 109. The van der Waals surface area contributed by atoms with E-state index in [2.05, 4.69) is 34.2 Å². The molecule has 0 bridgehead atoms. The van der Waals surface area contributed by atoms with Crippen molar-refractivity contribution < 1.29 is 18.0 Å². The second-order valence-electron chi connectivity index (χ2n) is 1.10. The van der Waals surface area contributed by atoms with Crippen LogP contribution in [0.1, 0.15) is 6.42 Å². The van der Waals surface area contributed by atoms with Gasteiger partial charge in [0.25, 0.3) is 0 Å². The molecule has 0 aliphatic rings. The first-order valence-electron chi connectivity index (χ1n) is 1.89. The highest BCUT2D eigenvalue weighted by molar-refractivity contribution is 7.75. The van der Waals surface area contributed by atoms with Gasteiger partial charge < -0.3 is 8.37 Å². The SMILES string of the molecule is O=C(CC(=O)OS)OS. The average molecular weight is 168 g/mol. The lowest BCUT2D eigenvalue weighted by atomic mass is 10.5. The van der Waals surface area contributed by atoms with Crippen LogP contribution in [0.15, 0.2) is 0 Å². The Labute approximate surface area is 62.7 Å². The minimum atomic E-state index is -0.766. The maximum absolute atomic E-state index is 10.1. The fourth-order valence-corrected chi connectivity index (χ4v) is 0.312. The van der Waals surface area contributed by atoms with Crippen LogP contribution in [0.2, 0.25) is 0 Å². The van der Waals surface area contributed by atoms with E-state index in [0.29, 0.717) is 0 Å². The Kier molecular flexibility index (Phi) is 4.33. The van der Waals surface area contributed by atoms with Crippen LogP contribution in [0.25, 0.3) is 0 Å². The number of rotatable bonds is 2. The van der Waals surface area contributed by atoms with Gasteiger partial charge in [0.1, 0.15) is 6.42 Å². The normalized spacial score (nSPS) is 8.22. The molecule has 0 fully saturated rings. The monoisotopic (exact) mass is 168 g/mol. The summed E-state index contributed by atoms with van der Waals surface area (Å²) >= 11 is 6.29. The van der Waals surface area contributed by atoms with Gasteiger partial charge in [0.2, 0.25) is 0 Å². The minimum absolute atomic E-state index is 0.465. The molecule has 0 amide bonds. The maximum Gasteiger partial charge on any atom is 0.328 e. The third-order valence-corrected chi connectivity index (χ3v) is 0.900. The molecule has 0 radical (unpaired) electrons. The summed E-state index contributed by atoms with van der Waals surface area (Å²) in [6.07, 6.45) is -0.465. The minimum Gasteiger partial charge on any atom is -0.394 e. The summed E-state index contributed by atoms with van der Waals surface area (Å²) in [5, 5.41) is 0. The largest absolute Gasteiger partial charge is 0.394 e. The Morgan fingerprint density at radius 2 is 1.44 bits per heavy atom. The van der Waals surface area contributed by atoms with Gasteiger partial charge in [-0.3, -0.25) is 9.59 Å². The first kappa shape index (κ1) is 8.64. The average Bonchev–Trinajstić information content (AvgIpc) is 1.87. The van der Waals surface area contributed by atoms with Gasteiger partial charge in [0.15, 0.2) is 0 Å². The fourth-order valence-electron chi connectivity index (χ4n) is 0.182. The number of hydrogen-bond acceptors (Lipinski definition) is 6. The quantitative estimate of drug-likeness (QED) is 0.350. The highest BCUT2D eigenvalue weighted by Crippen LogP contribution is 1.93. The molecule has 0 N–H and O–H groups in total. The smallest absolute Gasteiger partial charge is 0.328 e. The van der Waals surface area contributed by atoms with E-state index in [1.165, 1.54) is 0 Å². The molecule has 0 saturated heterocycles. The van der Waals surface area contributed by atoms with Crippen molar-refractivity contribution >= 4 is 37.8 Å². The van der Waals surface area contributed by atoms with Crippen LogP contribution in [0, 0.1) is 0 Å². The molecule has 0 rings (SSSR count). The van der Waals surface area contributed by atoms with E-state index in [0.717, 1.165) is 0 Å². The molecule has 0 unspecified atom stereocenters. The van der Waals surface area contributed by atoms with Crippen LogP contribution in [-0.4, -0.2) is 11.9 Å². The molecule has 0 aliphatic heterocycles. The number of thiol groups is 2. The van der Waals surface area contributed by atoms with Gasteiger partial charge in [-0.15, -0.1) is 0 Å². The lowest BCUT2D eigenvalue weighted by Crippen LogP contribution is -2.06. The summed E-state index contributed by atoms with van der Waals surface area (Å²) in [7, 11) is 0. The van der Waals surface area contributed by atoms with E-state index in [9.17, 15) is 9.59 Å². The molecule has 0 aromatic rings. The molecule has 0 aromatic carbocycles. The van der Waals surface area contributed by atoms with Crippen LogP contribution in [-0.2, 0) is 18.0 Å². The Morgan fingerprint density at radius 3 is 1.67 bits per heavy atom. The topological polar surface area (TPSA) is 52.6 Å². The van der Waals surface area contributed by atoms with Gasteiger partial charge in [-0.1, -0.05) is 0 Å². The lowest BCUT2D eigenvalue weighted by Gasteiger charge is -1.92. The predicted molar refractivity (Wildman–Crippen MR) is 34.8 cm³/mol. The first-order valence-corrected chi connectivity index (χ1v) is 2.62. The van der Waals surface area contributed by atoms with Crippen molar-refractivity contribution in [1.82, 2.24) is 0 Å². The molecule has 52 valence electrons. The first-order chi connectivity index (χ1) is 4.20. The summed E-state index contributed by atoms with van der Waals surface area (Å²) in [6.45, 7) is 0. The molecule has 0 spiro atoms. The van der Waals surface area contributed by atoms with Crippen molar-refractivity contribution in [2.24, 2.45) is 0 Å². The molecule has 9 heavy (non-hydrogen) atoms. The zero-order chi connectivity index (χ0) is 7.28. The summed E-state index contributed by atoms with van der Waals surface area (Å²) in [4.78, 5) is 20.3.